The zero-order valence-electron chi connectivity index (χ0n) is 13.1. The summed E-state index contributed by atoms with van der Waals surface area (Å²) in [6.45, 7) is 0.625. The van der Waals surface area contributed by atoms with Gasteiger partial charge in [0.15, 0.2) is 11.5 Å². The summed E-state index contributed by atoms with van der Waals surface area (Å²) in [5, 5.41) is 0. The fraction of sp³-hybridized carbons (Fsp3) is 0.333. The van der Waals surface area contributed by atoms with Crippen molar-refractivity contribution in [2.75, 3.05) is 20.8 Å². The van der Waals surface area contributed by atoms with E-state index in [2.05, 4.69) is 0 Å². The molecule has 4 heteroatoms. The molecule has 2 N–H and O–H groups in total. The minimum absolute atomic E-state index is 0.177. The predicted molar refractivity (Wildman–Crippen MR) is 86.9 cm³/mol. The Hall–Kier alpha value is -2.07. The molecule has 0 heterocycles. The second-order valence-corrected chi connectivity index (χ2v) is 5.08. The zero-order valence-corrected chi connectivity index (χ0v) is 13.1. The lowest BCUT2D eigenvalue weighted by Crippen LogP contribution is -2.01. The molecule has 0 spiro atoms. The first-order valence-electron chi connectivity index (χ1n) is 7.41. The van der Waals surface area contributed by atoms with E-state index in [1.807, 2.05) is 24.3 Å². The molecule has 2 rings (SSSR count). The Bertz CT molecular complexity index is 628. The van der Waals surface area contributed by atoms with Gasteiger partial charge in [-0.1, -0.05) is 18.2 Å². The first kappa shape index (κ1) is 16.3. The second-order valence-electron chi connectivity index (χ2n) is 5.08. The van der Waals surface area contributed by atoms with Crippen LogP contribution in [0.1, 0.15) is 18.4 Å². The van der Waals surface area contributed by atoms with Gasteiger partial charge >= 0.3 is 0 Å². The molecule has 0 saturated carbocycles. The van der Waals surface area contributed by atoms with E-state index in [0.717, 1.165) is 29.5 Å². The van der Waals surface area contributed by atoms with Crippen LogP contribution in [0.15, 0.2) is 36.4 Å². The number of hydrogen-bond acceptors (Lipinski definition) is 3. The van der Waals surface area contributed by atoms with E-state index >= 15 is 0 Å². The highest BCUT2D eigenvalue weighted by Crippen LogP contribution is 2.34. The highest BCUT2D eigenvalue weighted by Gasteiger charge is 2.12. The molecular weight excluding hydrogens is 281 g/mol. The molecule has 0 atom stereocenters. The van der Waals surface area contributed by atoms with Crippen molar-refractivity contribution in [3.63, 3.8) is 0 Å². The SMILES string of the molecule is COc1ccc(-c2cccc(F)c2CCCCN)cc1OC. The van der Waals surface area contributed by atoms with Gasteiger partial charge in [-0.2, -0.15) is 0 Å². The first-order chi connectivity index (χ1) is 10.7. The lowest BCUT2D eigenvalue weighted by molar-refractivity contribution is 0.355. The predicted octanol–water partition coefficient (Wildman–Crippen LogP) is 3.79. The molecule has 0 aliphatic heterocycles. The summed E-state index contributed by atoms with van der Waals surface area (Å²) in [7, 11) is 3.19. The third kappa shape index (κ3) is 3.57. The number of hydrogen-bond donors (Lipinski definition) is 1. The van der Waals surface area contributed by atoms with E-state index in [-0.39, 0.29) is 5.82 Å². The summed E-state index contributed by atoms with van der Waals surface area (Å²) in [6.07, 6.45) is 2.44. The Kier molecular flexibility index (Phi) is 5.78. The van der Waals surface area contributed by atoms with Gasteiger partial charge in [0, 0.05) is 0 Å². The second kappa shape index (κ2) is 7.80. The van der Waals surface area contributed by atoms with Crippen LogP contribution < -0.4 is 15.2 Å². The number of halogens is 1. The Labute approximate surface area is 130 Å². The summed E-state index contributed by atoms with van der Waals surface area (Å²) in [4.78, 5) is 0. The summed E-state index contributed by atoms with van der Waals surface area (Å²) < 4.78 is 24.8. The van der Waals surface area contributed by atoms with Gasteiger partial charge in [0.1, 0.15) is 5.82 Å². The van der Waals surface area contributed by atoms with E-state index in [4.69, 9.17) is 15.2 Å². The molecule has 0 fully saturated rings. The Balaban J connectivity index is 2.41. The van der Waals surface area contributed by atoms with Gasteiger partial charge in [0.25, 0.3) is 0 Å². The number of unbranched alkanes of at least 4 members (excludes halogenated alkanes) is 1. The van der Waals surface area contributed by atoms with Crippen LogP contribution in [0.4, 0.5) is 4.39 Å². The molecule has 3 nitrogen and oxygen atoms in total. The minimum atomic E-state index is -0.177. The van der Waals surface area contributed by atoms with Gasteiger partial charge in [-0.05, 0) is 60.7 Å². The number of rotatable bonds is 7. The minimum Gasteiger partial charge on any atom is -0.493 e. The molecule has 0 aliphatic rings. The van der Waals surface area contributed by atoms with Gasteiger partial charge in [-0.15, -0.1) is 0 Å². The smallest absolute Gasteiger partial charge is 0.161 e. The van der Waals surface area contributed by atoms with Crippen LogP contribution in [0.5, 0.6) is 11.5 Å². The fourth-order valence-corrected chi connectivity index (χ4v) is 2.53. The molecule has 0 radical (unpaired) electrons. The topological polar surface area (TPSA) is 44.5 Å². The fourth-order valence-electron chi connectivity index (χ4n) is 2.53. The quantitative estimate of drug-likeness (QED) is 0.791. The Morgan fingerprint density at radius 2 is 1.77 bits per heavy atom. The van der Waals surface area contributed by atoms with Crippen LogP contribution in [0.2, 0.25) is 0 Å². The van der Waals surface area contributed by atoms with Crippen molar-refractivity contribution in [3.8, 4) is 22.6 Å². The van der Waals surface area contributed by atoms with Crippen molar-refractivity contribution in [2.24, 2.45) is 5.73 Å². The van der Waals surface area contributed by atoms with Crippen molar-refractivity contribution in [3.05, 3.63) is 47.8 Å². The molecule has 0 unspecified atom stereocenters. The van der Waals surface area contributed by atoms with Gasteiger partial charge in [0.2, 0.25) is 0 Å². The van der Waals surface area contributed by atoms with Crippen molar-refractivity contribution in [1.82, 2.24) is 0 Å². The lowest BCUT2D eigenvalue weighted by Gasteiger charge is -2.13. The molecule has 22 heavy (non-hydrogen) atoms. The molecule has 0 amide bonds. The van der Waals surface area contributed by atoms with Crippen LogP contribution in [0.25, 0.3) is 11.1 Å². The van der Waals surface area contributed by atoms with Crippen LogP contribution >= 0.6 is 0 Å². The number of benzene rings is 2. The molecule has 2 aromatic carbocycles. The largest absolute Gasteiger partial charge is 0.493 e. The van der Waals surface area contributed by atoms with E-state index < -0.39 is 0 Å². The van der Waals surface area contributed by atoms with Gasteiger partial charge in [-0.3, -0.25) is 0 Å². The summed E-state index contributed by atoms with van der Waals surface area (Å²) in [5.41, 5.74) is 8.05. The molecule has 0 bridgehead atoms. The Morgan fingerprint density at radius 3 is 2.45 bits per heavy atom. The van der Waals surface area contributed by atoms with Gasteiger partial charge in [-0.25, -0.2) is 4.39 Å². The standard InChI is InChI=1S/C18H22FNO2/c1-21-17-10-9-13(12-18(17)22-2)14-7-5-8-16(19)15(14)6-3-4-11-20/h5,7-10,12H,3-4,6,11,20H2,1-2H3. The van der Waals surface area contributed by atoms with Crippen LogP contribution in [0, 0.1) is 5.82 Å². The van der Waals surface area contributed by atoms with E-state index in [1.54, 1.807) is 20.3 Å². The van der Waals surface area contributed by atoms with Crippen molar-refractivity contribution >= 4 is 0 Å². The van der Waals surface area contributed by atoms with Crippen molar-refractivity contribution < 1.29 is 13.9 Å². The Morgan fingerprint density at radius 1 is 1.00 bits per heavy atom. The van der Waals surface area contributed by atoms with E-state index in [0.29, 0.717) is 24.5 Å². The van der Waals surface area contributed by atoms with Crippen LogP contribution in [0.3, 0.4) is 0 Å². The van der Waals surface area contributed by atoms with Crippen LogP contribution in [-0.2, 0) is 6.42 Å². The van der Waals surface area contributed by atoms with E-state index in [1.165, 1.54) is 6.07 Å². The molecule has 0 aliphatic carbocycles. The number of methoxy groups -OCH3 is 2. The summed E-state index contributed by atoms with van der Waals surface area (Å²) in [6, 6.07) is 10.8. The molecular formula is C18H22FNO2. The third-order valence-electron chi connectivity index (χ3n) is 3.69. The normalized spacial score (nSPS) is 10.5. The van der Waals surface area contributed by atoms with Crippen molar-refractivity contribution in [1.29, 1.82) is 0 Å². The summed E-state index contributed by atoms with van der Waals surface area (Å²) in [5.74, 6) is 1.12. The number of nitrogens with two attached hydrogens (primary N) is 1. The molecule has 2 aromatic rings. The highest BCUT2D eigenvalue weighted by molar-refractivity contribution is 5.70. The van der Waals surface area contributed by atoms with Crippen LogP contribution in [-0.4, -0.2) is 20.8 Å². The lowest BCUT2D eigenvalue weighted by atomic mass is 9.95. The van der Waals surface area contributed by atoms with E-state index in [9.17, 15) is 4.39 Å². The molecule has 118 valence electrons. The third-order valence-corrected chi connectivity index (χ3v) is 3.69. The maximum Gasteiger partial charge on any atom is 0.161 e. The zero-order chi connectivity index (χ0) is 15.9. The monoisotopic (exact) mass is 303 g/mol. The average molecular weight is 303 g/mol. The maximum atomic E-state index is 14.2. The molecule has 0 saturated heterocycles. The van der Waals surface area contributed by atoms with Gasteiger partial charge in [0.05, 0.1) is 14.2 Å². The summed E-state index contributed by atoms with van der Waals surface area (Å²) >= 11 is 0. The van der Waals surface area contributed by atoms with Gasteiger partial charge < -0.3 is 15.2 Å². The molecule has 0 aromatic heterocycles. The highest BCUT2D eigenvalue weighted by atomic mass is 19.1. The first-order valence-corrected chi connectivity index (χ1v) is 7.41. The average Bonchev–Trinajstić information content (AvgIpc) is 2.55. The maximum absolute atomic E-state index is 14.2. The number of ether oxygens (including phenoxy) is 2. The van der Waals surface area contributed by atoms with Crippen molar-refractivity contribution in [2.45, 2.75) is 19.3 Å².